The summed E-state index contributed by atoms with van der Waals surface area (Å²) in [5.41, 5.74) is 5.03. The maximum atomic E-state index is 13.2. The summed E-state index contributed by atoms with van der Waals surface area (Å²) in [7, 11) is 0. The fourth-order valence-electron chi connectivity index (χ4n) is 1.05. The van der Waals surface area contributed by atoms with Gasteiger partial charge in [-0.2, -0.15) is 5.10 Å². The summed E-state index contributed by atoms with van der Waals surface area (Å²) in [4.78, 5) is 0. The molecule has 0 atom stereocenters. The molecular formula is C8H13F2N3. The highest BCUT2D eigenvalue weighted by atomic mass is 19.3. The minimum Gasteiger partial charge on any atom is -0.330 e. The van der Waals surface area contributed by atoms with E-state index in [2.05, 4.69) is 5.10 Å². The second-order valence-electron chi connectivity index (χ2n) is 2.83. The van der Waals surface area contributed by atoms with Crippen LogP contribution >= 0.6 is 0 Å². The lowest BCUT2D eigenvalue weighted by molar-refractivity contribution is -0.0108. The first-order chi connectivity index (χ1) is 6.10. The van der Waals surface area contributed by atoms with Crippen molar-refractivity contribution in [2.75, 3.05) is 6.54 Å². The molecule has 0 fully saturated rings. The van der Waals surface area contributed by atoms with Crippen molar-refractivity contribution >= 4 is 0 Å². The topological polar surface area (TPSA) is 43.8 Å². The van der Waals surface area contributed by atoms with Crippen molar-refractivity contribution < 1.29 is 8.78 Å². The maximum absolute atomic E-state index is 13.2. The van der Waals surface area contributed by atoms with E-state index in [4.69, 9.17) is 5.73 Å². The SMILES string of the molecule is CCn1cc(C(F)(F)CCN)cn1. The molecule has 5 heteroatoms. The fourth-order valence-corrected chi connectivity index (χ4v) is 1.05. The average molecular weight is 189 g/mol. The van der Waals surface area contributed by atoms with Gasteiger partial charge >= 0.3 is 0 Å². The summed E-state index contributed by atoms with van der Waals surface area (Å²) in [6.07, 6.45) is 2.22. The predicted octanol–water partition coefficient (Wildman–Crippen LogP) is 1.34. The number of hydrogen-bond donors (Lipinski definition) is 1. The van der Waals surface area contributed by atoms with Gasteiger partial charge in [0.1, 0.15) is 0 Å². The number of nitrogens with two attached hydrogens (primary N) is 1. The molecule has 0 saturated carbocycles. The molecule has 1 heterocycles. The van der Waals surface area contributed by atoms with Crippen LogP contribution in [0.1, 0.15) is 18.9 Å². The van der Waals surface area contributed by atoms with Gasteiger partial charge in [0.15, 0.2) is 0 Å². The molecule has 74 valence electrons. The summed E-state index contributed by atoms with van der Waals surface area (Å²) in [5, 5.41) is 3.78. The molecule has 2 N–H and O–H groups in total. The van der Waals surface area contributed by atoms with Gasteiger partial charge in [0.2, 0.25) is 0 Å². The van der Waals surface area contributed by atoms with E-state index in [-0.39, 0.29) is 18.5 Å². The lowest BCUT2D eigenvalue weighted by atomic mass is 10.1. The Morgan fingerprint density at radius 1 is 1.62 bits per heavy atom. The van der Waals surface area contributed by atoms with Crippen LogP contribution in [0, 0.1) is 0 Å². The number of aryl methyl sites for hydroxylation is 1. The molecule has 0 unspecified atom stereocenters. The van der Waals surface area contributed by atoms with Crippen LogP contribution in [0.25, 0.3) is 0 Å². The number of hydrogen-bond acceptors (Lipinski definition) is 2. The van der Waals surface area contributed by atoms with E-state index in [9.17, 15) is 8.78 Å². The van der Waals surface area contributed by atoms with Crippen LogP contribution in [0.5, 0.6) is 0 Å². The first kappa shape index (κ1) is 10.1. The first-order valence-corrected chi connectivity index (χ1v) is 4.21. The molecule has 0 aliphatic heterocycles. The van der Waals surface area contributed by atoms with Gasteiger partial charge in [-0.25, -0.2) is 8.78 Å². The Bertz CT molecular complexity index is 270. The summed E-state index contributed by atoms with van der Waals surface area (Å²) >= 11 is 0. The van der Waals surface area contributed by atoms with Crippen molar-refractivity contribution in [1.82, 2.24) is 9.78 Å². The highest BCUT2D eigenvalue weighted by Crippen LogP contribution is 2.30. The Kier molecular flexibility index (Phi) is 2.98. The molecule has 0 aliphatic rings. The van der Waals surface area contributed by atoms with Crippen molar-refractivity contribution in [2.24, 2.45) is 5.73 Å². The van der Waals surface area contributed by atoms with E-state index < -0.39 is 5.92 Å². The summed E-state index contributed by atoms with van der Waals surface area (Å²) in [6, 6.07) is 0. The third-order valence-corrected chi connectivity index (χ3v) is 1.84. The predicted molar refractivity (Wildman–Crippen MR) is 45.5 cm³/mol. The maximum Gasteiger partial charge on any atom is 0.277 e. The van der Waals surface area contributed by atoms with Crippen LogP contribution in [0.2, 0.25) is 0 Å². The largest absolute Gasteiger partial charge is 0.330 e. The van der Waals surface area contributed by atoms with Crippen LogP contribution in [0.3, 0.4) is 0 Å². The smallest absolute Gasteiger partial charge is 0.277 e. The number of rotatable bonds is 4. The van der Waals surface area contributed by atoms with E-state index in [1.165, 1.54) is 17.1 Å². The summed E-state index contributed by atoms with van der Waals surface area (Å²) < 4.78 is 27.8. The third-order valence-electron chi connectivity index (χ3n) is 1.84. The van der Waals surface area contributed by atoms with Gasteiger partial charge in [-0.1, -0.05) is 0 Å². The third kappa shape index (κ3) is 2.24. The fraction of sp³-hybridized carbons (Fsp3) is 0.625. The summed E-state index contributed by atoms with van der Waals surface area (Å²) in [6.45, 7) is 2.42. The highest BCUT2D eigenvalue weighted by molar-refractivity contribution is 5.11. The first-order valence-electron chi connectivity index (χ1n) is 4.21. The van der Waals surface area contributed by atoms with Crippen LogP contribution < -0.4 is 5.73 Å². The molecule has 0 aromatic carbocycles. The van der Waals surface area contributed by atoms with Gasteiger partial charge in [0.05, 0.1) is 11.8 Å². The zero-order valence-corrected chi connectivity index (χ0v) is 7.50. The van der Waals surface area contributed by atoms with Crippen LogP contribution in [-0.4, -0.2) is 16.3 Å². The zero-order valence-electron chi connectivity index (χ0n) is 7.50. The molecule has 0 radical (unpaired) electrons. The van der Waals surface area contributed by atoms with Crippen LogP contribution in [0.4, 0.5) is 8.78 Å². The minimum absolute atomic E-state index is 0.0235. The molecule has 3 nitrogen and oxygen atoms in total. The molecule has 0 amide bonds. The van der Waals surface area contributed by atoms with Gasteiger partial charge in [0, 0.05) is 19.2 Å². The number of halogens is 2. The second kappa shape index (κ2) is 3.83. The quantitative estimate of drug-likeness (QED) is 0.776. The van der Waals surface area contributed by atoms with Crippen molar-refractivity contribution in [3.63, 3.8) is 0 Å². The number of nitrogens with zero attached hydrogens (tertiary/aromatic N) is 2. The average Bonchev–Trinajstić information content (AvgIpc) is 2.52. The van der Waals surface area contributed by atoms with Crippen molar-refractivity contribution in [3.8, 4) is 0 Å². The van der Waals surface area contributed by atoms with Gasteiger partial charge in [-0.15, -0.1) is 0 Å². The van der Waals surface area contributed by atoms with E-state index in [0.717, 1.165) is 0 Å². The standard InChI is InChI=1S/C8H13F2N3/c1-2-13-6-7(5-12-13)8(9,10)3-4-11/h5-6H,2-4,11H2,1H3. The highest BCUT2D eigenvalue weighted by Gasteiger charge is 2.31. The Morgan fingerprint density at radius 3 is 2.77 bits per heavy atom. The normalized spacial score (nSPS) is 12.0. The Morgan fingerprint density at radius 2 is 2.31 bits per heavy atom. The molecule has 0 aliphatic carbocycles. The molecule has 13 heavy (non-hydrogen) atoms. The molecule has 0 saturated heterocycles. The minimum atomic E-state index is -2.85. The lowest BCUT2D eigenvalue weighted by Crippen LogP contribution is -2.17. The molecule has 1 rings (SSSR count). The van der Waals surface area contributed by atoms with E-state index in [1.54, 1.807) is 0 Å². The van der Waals surface area contributed by atoms with Crippen molar-refractivity contribution in [2.45, 2.75) is 25.8 Å². The van der Waals surface area contributed by atoms with E-state index >= 15 is 0 Å². The van der Waals surface area contributed by atoms with Crippen LogP contribution in [-0.2, 0) is 12.5 Å². The number of alkyl halides is 2. The van der Waals surface area contributed by atoms with Gasteiger partial charge in [-0.3, -0.25) is 4.68 Å². The van der Waals surface area contributed by atoms with Gasteiger partial charge < -0.3 is 5.73 Å². The van der Waals surface area contributed by atoms with E-state index in [0.29, 0.717) is 6.54 Å². The van der Waals surface area contributed by atoms with Gasteiger partial charge in [-0.05, 0) is 13.5 Å². The van der Waals surface area contributed by atoms with E-state index in [1.807, 2.05) is 6.92 Å². The molecule has 0 bridgehead atoms. The number of aromatic nitrogens is 2. The molecule has 1 aromatic heterocycles. The summed E-state index contributed by atoms with van der Waals surface area (Å²) in [5.74, 6) is -2.85. The lowest BCUT2D eigenvalue weighted by Gasteiger charge is -2.12. The Hall–Kier alpha value is -0.970. The van der Waals surface area contributed by atoms with Crippen molar-refractivity contribution in [3.05, 3.63) is 18.0 Å². The second-order valence-corrected chi connectivity index (χ2v) is 2.83. The van der Waals surface area contributed by atoms with Gasteiger partial charge in [0.25, 0.3) is 5.92 Å². The zero-order chi connectivity index (χ0) is 9.90. The monoisotopic (exact) mass is 189 g/mol. The molecule has 1 aromatic rings. The van der Waals surface area contributed by atoms with Crippen LogP contribution in [0.15, 0.2) is 12.4 Å². The Balaban J connectivity index is 2.80. The molecule has 0 spiro atoms. The molecular weight excluding hydrogens is 176 g/mol. The Labute approximate surface area is 75.5 Å². The van der Waals surface area contributed by atoms with Crippen molar-refractivity contribution in [1.29, 1.82) is 0 Å².